The molecule has 7 nitrogen and oxygen atoms in total. The zero-order chi connectivity index (χ0) is 18.7. The number of sulfonamides is 1. The van der Waals surface area contributed by atoms with Gasteiger partial charge in [-0.05, 0) is 35.9 Å². The van der Waals surface area contributed by atoms with Gasteiger partial charge in [-0.3, -0.25) is 9.97 Å². The number of pyridine rings is 2. The van der Waals surface area contributed by atoms with Crippen molar-refractivity contribution in [3.05, 3.63) is 66.6 Å². The first-order chi connectivity index (χ1) is 13.1. The summed E-state index contributed by atoms with van der Waals surface area (Å²) in [4.78, 5) is 8.59. The minimum atomic E-state index is -3.72. The van der Waals surface area contributed by atoms with Crippen molar-refractivity contribution in [1.29, 1.82) is 0 Å². The van der Waals surface area contributed by atoms with Gasteiger partial charge in [0.15, 0.2) is 11.5 Å². The summed E-state index contributed by atoms with van der Waals surface area (Å²) in [6.45, 7) is 0.957. The fourth-order valence-corrected chi connectivity index (χ4v) is 3.81. The van der Waals surface area contributed by atoms with E-state index in [9.17, 15) is 8.42 Å². The monoisotopic (exact) mass is 383 g/mol. The van der Waals surface area contributed by atoms with Gasteiger partial charge in [0.2, 0.25) is 10.0 Å². The quantitative estimate of drug-likeness (QED) is 0.728. The molecule has 1 aliphatic rings. The molecule has 8 heteroatoms. The van der Waals surface area contributed by atoms with E-state index >= 15 is 0 Å². The first kappa shape index (κ1) is 17.4. The first-order valence-corrected chi connectivity index (χ1v) is 9.85. The van der Waals surface area contributed by atoms with Gasteiger partial charge in [-0.1, -0.05) is 6.07 Å². The lowest BCUT2D eigenvalue weighted by atomic mass is 10.1. The minimum Gasteiger partial charge on any atom is -0.486 e. The Morgan fingerprint density at radius 1 is 1.00 bits per heavy atom. The summed E-state index contributed by atoms with van der Waals surface area (Å²) < 4.78 is 38.9. The van der Waals surface area contributed by atoms with Crippen molar-refractivity contribution in [1.82, 2.24) is 14.7 Å². The number of nitrogens with zero attached hydrogens (tertiary/aromatic N) is 2. The van der Waals surface area contributed by atoms with Crippen LogP contribution in [-0.4, -0.2) is 31.6 Å². The van der Waals surface area contributed by atoms with Crippen LogP contribution in [0.3, 0.4) is 0 Å². The van der Waals surface area contributed by atoms with Crippen LogP contribution in [0.5, 0.6) is 11.5 Å². The van der Waals surface area contributed by atoms with E-state index in [2.05, 4.69) is 14.7 Å². The Kier molecular flexibility index (Phi) is 4.74. The number of rotatable bonds is 5. The Labute approximate surface area is 157 Å². The average Bonchev–Trinajstić information content (AvgIpc) is 2.73. The van der Waals surface area contributed by atoms with Crippen LogP contribution in [0.1, 0.15) is 5.56 Å². The molecule has 0 amide bonds. The zero-order valence-electron chi connectivity index (χ0n) is 14.3. The van der Waals surface area contributed by atoms with E-state index in [1.165, 1.54) is 12.1 Å². The summed E-state index contributed by atoms with van der Waals surface area (Å²) >= 11 is 0. The molecule has 2 aromatic heterocycles. The van der Waals surface area contributed by atoms with Crippen LogP contribution in [0, 0.1) is 0 Å². The van der Waals surface area contributed by atoms with E-state index in [1.54, 1.807) is 30.7 Å². The van der Waals surface area contributed by atoms with Gasteiger partial charge in [-0.25, -0.2) is 13.1 Å². The number of nitrogens with one attached hydrogen (secondary N) is 1. The van der Waals surface area contributed by atoms with Crippen molar-refractivity contribution in [3.8, 4) is 22.8 Å². The Morgan fingerprint density at radius 2 is 1.81 bits per heavy atom. The molecule has 3 aromatic rings. The lowest BCUT2D eigenvalue weighted by Crippen LogP contribution is -2.24. The number of ether oxygens (including phenoxy) is 2. The van der Waals surface area contributed by atoms with Crippen molar-refractivity contribution < 1.29 is 17.9 Å². The zero-order valence-corrected chi connectivity index (χ0v) is 15.1. The predicted octanol–water partition coefficient (Wildman–Crippen LogP) is 2.39. The third kappa shape index (κ3) is 3.76. The highest BCUT2D eigenvalue weighted by Gasteiger charge is 2.20. The molecule has 0 saturated carbocycles. The summed E-state index contributed by atoms with van der Waals surface area (Å²) in [6.07, 6.45) is 5.04. The lowest BCUT2D eigenvalue weighted by Gasteiger charge is -2.19. The van der Waals surface area contributed by atoms with Gasteiger partial charge in [0.25, 0.3) is 0 Å². The maximum Gasteiger partial charge on any atom is 0.241 e. The Balaban J connectivity index is 1.57. The van der Waals surface area contributed by atoms with E-state index in [0.717, 1.165) is 11.1 Å². The van der Waals surface area contributed by atoms with Gasteiger partial charge in [0.1, 0.15) is 13.2 Å². The molecule has 0 aliphatic carbocycles. The van der Waals surface area contributed by atoms with Gasteiger partial charge in [-0.2, -0.15) is 0 Å². The van der Waals surface area contributed by atoms with Crippen LogP contribution in [0.4, 0.5) is 0 Å². The van der Waals surface area contributed by atoms with Gasteiger partial charge in [0.05, 0.1) is 10.6 Å². The van der Waals surface area contributed by atoms with Crippen LogP contribution >= 0.6 is 0 Å². The topological polar surface area (TPSA) is 90.4 Å². The van der Waals surface area contributed by atoms with Crippen molar-refractivity contribution >= 4 is 10.0 Å². The molecule has 1 aliphatic heterocycles. The van der Waals surface area contributed by atoms with E-state index in [-0.39, 0.29) is 11.4 Å². The lowest BCUT2D eigenvalue weighted by molar-refractivity contribution is 0.171. The molecular weight excluding hydrogens is 366 g/mol. The molecular formula is C19H17N3O4S. The molecule has 1 aromatic carbocycles. The fourth-order valence-electron chi connectivity index (χ4n) is 2.79. The molecule has 0 unspecified atom stereocenters. The van der Waals surface area contributed by atoms with Gasteiger partial charge in [-0.15, -0.1) is 0 Å². The van der Waals surface area contributed by atoms with E-state index < -0.39 is 10.0 Å². The maximum atomic E-state index is 12.7. The fraction of sp³-hybridized carbons (Fsp3) is 0.158. The summed E-state index contributed by atoms with van der Waals surface area (Å²) in [5.41, 5.74) is 2.27. The van der Waals surface area contributed by atoms with Crippen molar-refractivity contribution in [2.75, 3.05) is 13.2 Å². The predicted molar refractivity (Wildman–Crippen MR) is 98.9 cm³/mol. The highest BCUT2D eigenvalue weighted by Crippen LogP contribution is 2.32. The third-order valence-electron chi connectivity index (χ3n) is 4.10. The largest absolute Gasteiger partial charge is 0.486 e. The molecule has 0 spiro atoms. The minimum absolute atomic E-state index is 0.106. The molecule has 0 atom stereocenters. The normalized spacial score (nSPS) is 13.3. The summed E-state index contributed by atoms with van der Waals surface area (Å²) in [7, 11) is -3.72. The van der Waals surface area contributed by atoms with Gasteiger partial charge in [0, 0.05) is 36.8 Å². The molecule has 1 N–H and O–H groups in total. The number of hydrogen-bond donors (Lipinski definition) is 1. The highest BCUT2D eigenvalue weighted by molar-refractivity contribution is 7.89. The third-order valence-corrected chi connectivity index (χ3v) is 5.50. The molecule has 138 valence electrons. The van der Waals surface area contributed by atoms with E-state index in [4.69, 9.17) is 9.47 Å². The summed E-state index contributed by atoms with van der Waals surface area (Å²) in [5.74, 6) is 0.980. The van der Waals surface area contributed by atoms with Crippen molar-refractivity contribution in [2.24, 2.45) is 0 Å². The Bertz CT molecular complexity index is 1060. The number of aromatic nitrogens is 2. The summed E-state index contributed by atoms with van der Waals surface area (Å²) in [6, 6.07) is 11.9. The second kappa shape index (κ2) is 7.34. The van der Waals surface area contributed by atoms with E-state index in [1.807, 2.05) is 18.2 Å². The molecule has 0 fully saturated rings. The maximum absolute atomic E-state index is 12.7. The van der Waals surface area contributed by atoms with Crippen molar-refractivity contribution in [2.45, 2.75) is 11.4 Å². The average molecular weight is 383 g/mol. The molecule has 0 radical (unpaired) electrons. The molecule has 0 saturated heterocycles. The second-order valence-electron chi connectivity index (χ2n) is 5.88. The van der Waals surface area contributed by atoms with Crippen LogP contribution in [0.15, 0.2) is 66.0 Å². The Morgan fingerprint density at radius 3 is 2.63 bits per heavy atom. The standard InChI is InChI=1S/C19H17N3O4S/c23-27(24,16-5-6-17-18(11-16)26-10-9-25-17)22-13-15-4-2-8-21-19(15)14-3-1-7-20-12-14/h1-8,11-12,22H,9-10,13H2. The smallest absolute Gasteiger partial charge is 0.241 e. The van der Waals surface area contributed by atoms with Crippen LogP contribution in [0.25, 0.3) is 11.3 Å². The van der Waals surface area contributed by atoms with Crippen LogP contribution in [0.2, 0.25) is 0 Å². The number of hydrogen-bond acceptors (Lipinski definition) is 6. The molecule has 4 rings (SSSR count). The van der Waals surface area contributed by atoms with E-state index in [0.29, 0.717) is 30.4 Å². The van der Waals surface area contributed by atoms with Crippen LogP contribution < -0.4 is 14.2 Å². The molecule has 3 heterocycles. The SMILES string of the molecule is O=S(=O)(NCc1cccnc1-c1cccnc1)c1ccc2c(c1)OCCO2. The Hall–Kier alpha value is -2.97. The van der Waals surface area contributed by atoms with Crippen molar-refractivity contribution in [3.63, 3.8) is 0 Å². The second-order valence-corrected chi connectivity index (χ2v) is 7.65. The molecule has 0 bridgehead atoms. The number of benzene rings is 1. The van der Waals surface area contributed by atoms with Gasteiger partial charge >= 0.3 is 0 Å². The molecule has 27 heavy (non-hydrogen) atoms. The summed E-state index contributed by atoms with van der Waals surface area (Å²) in [5, 5.41) is 0. The highest BCUT2D eigenvalue weighted by atomic mass is 32.2. The first-order valence-electron chi connectivity index (χ1n) is 8.37. The van der Waals surface area contributed by atoms with Crippen LogP contribution in [-0.2, 0) is 16.6 Å². The van der Waals surface area contributed by atoms with Gasteiger partial charge < -0.3 is 9.47 Å². The number of fused-ring (bicyclic) bond motifs is 1.